The van der Waals surface area contributed by atoms with Crippen LogP contribution in [0.3, 0.4) is 0 Å². The minimum Gasteiger partial charge on any atom is -0.390 e. The SMILES string of the molecule is N#Cc1cccnc1N1CCN(CC(O)Cn2c(-c3ccccc3)noc2=O)CC1. The standard InChI is InChI=1S/C21H22N6O3/c22-13-17-7-4-8-23-19(17)26-11-9-25(10-12-26)14-18(28)15-27-20(24-30-21(27)29)16-5-2-1-3-6-16/h1-8,18,28H,9-12,14-15H2. The Hall–Kier alpha value is -3.48. The van der Waals surface area contributed by atoms with Crippen LogP contribution in [-0.2, 0) is 6.54 Å². The maximum Gasteiger partial charge on any atom is 0.441 e. The number of benzene rings is 1. The monoisotopic (exact) mass is 406 g/mol. The van der Waals surface area contributed by atoms with Crippen molar-refractivity contribution in [1.82, 2.24) is 19.6 Å². The number of aromatic nitrogens is 3. The zero-order chi connectivity index (χ0) is 20.9. The van der Waals surface area contributed by atoms with Crippen LogP contribution in [0, 0.1) is 11.3 Å². The van der Waals surface area contributed by atoms with Gasteiger partial charge in [-0.25, -0.2) is 9.78 Å². The number of rotatable bonds is 6. The maximum absolute atomic E-state index is 12.1. The molecule has 1 aliphatic heterocycles. The van der Waals surface area contributed by atoms with Gasteiger partial charge in [0.05, 0.1) is 18.2 Å². The summed E-state index contributed by atoms with van der Waals surface area (Å²) in [6.45, 7) is 3.39. The smallest absolute Gasteiger partial charge is 0.390 e. The van der Waals surface area contributed by atoms with Crippen molar-refractivity contribution in [3.63, 3.8) is 0 Å². The molecule has 1 aliphatic rings. The van der Waals surface area contributed by atoms with E-state index in [4.69, 9.17) is 4.52 Å². The molecule has 1 saturated heterocycles. The molecule has 30 heavy (non-hydrogen) atoms. The van der Waals surface area contributed by atoms with Crippen molar-refractivity contribution in [3.05, 3.63) is 64.8 Å². The summed E-state index contributed by atoms with van der Waals surface area (Å²) in [5, 5.41) is 23.7. The van der Waals surface area contributed by atoms with E-state index in [-0.39, 0.29) is 6.54 Å². The highest BCUT2D eigenvalue weighted by atomic mass is 16.5. The number of anilines is 1. The highest BCUT2D eigenvalue weighted by Crippen LogP contribution is 2.19. The van der Waals surface area contributed by atoms with Gasteiger partial charge in [0, 0.05) is 44.5 Å². The lowest BCUT2D eigenvalue weighted by atomic mass is 10.2. The molecule has 0 saturated carbocycles. The molecule has 1 aromatic carbocycles. The number of pyridine rings is 1. The van der Waals surface area contributed by atoms with Crippen LogP contribution < -0.4 is 10.7 Å². The number of hydrogen-bond acceptors (Lipinski definition) is 8. The fourth-order valence-corrected chi connectivity index (χ4v) is 3.67. The highest BCUT2D eigenvalue weighted by Gasteiger charge is 2.23. The number of aliphatic hydroxyl groups is 1. The molecule has 3 heterocycles. The largest absolute Gasteiger partial charge is 0.441 e. The molecule has 2 aromatic heterocycles. The molecule has 4 rings (SSSR count). The second-order valence-electron chi connectivity index (χ2n) is 7.18. The Morgan fingerprint density at radius 3 is 2.60 bits per heavy atom. The lowest BCUT2D eigenvalue weighted by molar-refractivity contribution is 0.0935. The van der Waals surface area contributed by atoms with Gasteiger partial charge >= 0.3 is 5.76 Å². The fraction of sp³-hybridized carbons (Fsp3) is 0.333. The predicted molar refractivity (Wildman–Crippen MR) is 110 cm³/mol. The summed E-state index contributed by atoms with van der Waals surface area (Å²) in [7, 11) is 0. The van der Waals surface area contributed by atoms with Crippen LogP contribution in [0.4, 0.5) is 5.82 Å². The van der Waals surface area contributed by atoms with E-state index in [2.05, 4.69) is 26.0 Å². The van der Waals surface area contributed by atoms with Gasteiger partial charge in [-0.15, -0.1) is 0 Å². The zero-order valence-electron chi connectivity index (χ0n) is 16.4. The molecule has 1 unspecified atom stereocenters. The van der Waals surface area contributed by atoms with Crippen LogP contribution in [-0.4, -0.2) is 63.5 Å². The number of aliphatic hydroxyl groups excluding tert-OH is 1. The van der Waals surface area contributed by atoms with Crippen molar-refractivity contribution in [3.8, 4) is 17.5 Å². The van der Waals surface area contributed by atoms with E-state index < -0.39 is 11.9 Å². The third-order valence-electron chi connectivity index (χ3n) is 5.16. The van der Waals surface area contributed by atoms with Crippen LogP contribution in [0.2, 0.25) is 0 Å². The normalized spacial score (nSPS) is 15.7. The summed E-state index contributed by atoms with van der Waals surface area (Å²) < 4.78 is 6.18. The van der Waals surface area contributed by atoms with E-state index >= 15 is 0 Å². The molecule has 9 heteroatoms. The van der Waals surface area contributed by atoms with E-state index in [0.29, 0.717) is 36.8 Å². The topological polar surface area (TPSA) is 111 Å². The summed E-state index contributed by atoms with van der Waals surface area (Å²) in [5.74, 6) is 0.518. The predicted octanol–water partition coefficient (Wildman–Crippen LogP) is 0.953. The van der Waals surface area contributed by atoms with Crippen molar-refractivity contribution >= 4 is 5.82 Å². The van der Waals surface area contributed by atoms with Gasteiger partial charge in [-0.1, -0.05) is 35.5 Å². The summed E-state index contributed by atoms with van der Waals surface area (Å²) in [5.41, 5.74) is 1.32. The number of hydrogen-bond donors (Lipinski definition) is 1. The quantitative estimate of drug-likeness (QED) is 0.644. The Labute approximate surface area is 173 Å². The van der Waals surface area contributed by atoms with Gasteiger partial charge in [-0.2, -0.15) is 5.26 Å². The summed E-state index contributed by atoms with van der Waals surface area (Å²) in [6.07, 6.45) is 0.938. The Bertz CT molecular complexity index is 1080. The Balaban J connectivity index is 1.36. The molecule has 0 spiro atoms. The third-order valence-corrected chi connectivity index (χ3v) is 5.16. The van der Waals surface area contributed by atoms with Crippen molar-refractivity contribution in [2.75, 3.05) is 37.6 Å². The van der Waals surface area contributed by atoms with Gasteiger partial charge in [0.25, 0.3) is 0 Å². The number of nitrogens with zero attached hydrogens (tertiary/aromatic N) is 6. The van der Waals surface area contributed by atoms with Gasteiger partial charge in [0.15, 0.2) is 5.82 Å². The van der Waals surface area contributed by atoms with Gasteiger partial charge in [0.1, 0.15) is 11.9 Å². The molecule has 0 aliphatic carbocycles. The first-order chi connectivity index (χ1) is 14.7. The fourth-order valence-electron chi connectivity index (χ4n) is 3.67. The van der Waals surface area contributed by atoms with Crippen molar-refractivity contribution in [2.24, 2.45) is 0 Å². The minimum absolute atomic E-state index is 0.103. The third kappa shape index (κ3) is 4.25. The summed E-state index contributed by atoms with van der Waals surface area (Å²) in [6, 6.07) is 15.0. The molecule has 1 N–H and O–H groups in total. The highest BCUT2D eigenvalue weighted by molar-refractivity contribution is 5.54. The van der Waals surface area contributed by atoms with Crippen molar-refractivity contribution < 1.29 is 9.63 Å². The average molecular weight is 406 g/mol. The van der Waals surface area contributed by atoms with E-state index in [0.717, 1.165) is 18.7 Å². The van der Waals surface area contributed by atoms with Crippen LogP contribution >= 0.6 is 0 Å². The minimum atomic E-state index is -0.749. The number of β-amino-alcohol motifs (C(OH)–C–C–N with tert-alkyl or cyclic N) is 1. The molecule has 1 fully saturated rings. The number of piperazine rings is 1. The van der Waals surface area contributed by atoms with Crippen LogP contribution in [0.15, 0.2) is 58.0 Å². The molecule has 9 nitrogen and oxygen atoms in total. The lowest BCUT2D eigenvalue weighted by Crippen LogP contribution is -2.49. The van der Waals surface area contributed by atoms with Gasteiger partial charge < -0.3 is 10.0 Å². The van der Waals surface area contributed by atoms with Crippen molar-refractivity contribution in [1.29, 1.82) is 5.26 Å². The second-order valence-corrected chi connectivity index (χ2v) is 7.18. The maximum atomic E-state index is 12.1. The van der Waals surface area contributed by atoms with Crippen LogP contribution in [0.5, 0.6) is 0 Å². The summed E-state index contributed by atoms with van der Waals surface area (Å²) >= 11 is 0. The Morgan fingerprint density at radius 1 is 1.10 bits per heavy atom. The van der Waals surface area contributed by atoms with E-state index in [1.165, 1.54) is 4.57 Å². The van der Waals surface area contributed by atoms with Gasteiger partial charge in [-0.05, 0) is 12.1 Å². The molecule has 3 aromatic rings. The van der Waals surface area contributed by atoms with Gasteiger partial charge in [0.2, 0.25) is 0 Å². The molecule has 0 radical (unpaired) electrons. The van der Waals surface area contributed by atoms with E-state index in [1.54, 1.807) is 18.3 Å². The lowest BCUT2D eigenvalue weighted by Gasteiger charge is -2.36. The first kappa shape index (κ1) is 19.8. The molecule has 0 amide bonds. The molecular weight excluding hydrogens is 384 g/mol. The molecule has 154 valence electrons. The van der Waals surface area contributed by atoms with Crippen LogP contribution in [0.25, 0.3) is 11.4 Å². The van der Waals surface area contributed by atoms with Gasteiger partial charge in [-0.3, -0.25) is 14.0 Å². The first-order valence-corrected chi connectivity index (χ1v) is 9.78. The van der Waals surface area contributed by atoms with Crippen molar-refractivity contribution in [2.45, 2.75) is 12.6 Å². The Morgan fingerprint density at radius 2 is 1.87 bits per heavy atom. The Kier molecular flexibility index (Phi) is 5.88. The second kappa shape index (κ2) is 8.90. The zero-order valence-corrected chi connectivity index (χ0v) is 16.4. The summed E-state index contributed by atoms with van der Waals surface area (Å²) in [4.78, 5) is 20.6. The first-order valence-electron chi connectivity index (χ1n) is 9.78. The average Bonchev–Trinajstić information content (AvgIpc) is 3.15. The van der Waals surface area contributed by atoms with E-state index in [9.17, 15) is 15.2 Å². The van der Waals surface area contributed by atoms with Crippen LogP contribution in [0.1, 0.15) is 5.56 Å². The molecule has 0 bridgehead atoms. The number of nitriles is 1. The molecule has 1 atom stereocenters. The molecular formula is C21H22N6O3. The van der Waals surface area contributed by atoms with E-state index in [1.807, 2.05) is 30.3 Å².